The maximum absolute atomic E-state index is 14.4. The lowest BCUT2D eigenvalue weighted by Crippen LogP contribution is -2.19. The van der Waals surface area contributed by atoms with E-state index in [0.29, 0.717) is 70.2 Å². The minimum atomic E-state index is -0.880. The molecular formula is C71H86O22. The van der Waals surface area contributed by atoms with Crippen LogP contribution < -0.4 is 18.9 Å². The summed E-state index contributed by atoms with van der Waals surface area (Å²) in [5.74, 6) is -5.82. The Balaban J connectivity index is 1.95. The Bertz CT molecular complexity index is 3210. The minimum Gasteiger partial charge on any atom is -0.489 e. The maximum Gasteiger partial charge on any atom is 0.333 e. The average Bonchev–Trinajstić information content (AvgIpc) is 0.790. The number of esters is 7. The molecule has 502 valence electrons. The van der Waals surface area contributed by atoms with E-state index in [4.69, 9.17) is 52.1 Å². The Hall–Kier alpha value is -9.21. The number of carbonyl (C=O) groups excluding carboxylic acids is 11. The van der Waals surface area contributed by atoms with Gasteiger partial charge in [-0.2, -0.15) is 0 Å². The van der Waals surface area contributed by atoms with Crippen molar-refractivity contribution >= 4 is 64.9 Å². The van der Waals surface area contributed by atoms with Crippen LogP contribution in [0.25, 0.3) is 0 Å². The number of ketones is 4. The van der Waals surface area contributed by atoms with E-state index in [9.17, 15) is 52.7 Å². The van der Waals surface area contributed by atoms with Crippen LogP contribution in [0, 0.1) is 0 Å². The van der Waals surface area contributed by atoms with E-state index >= 15 is 0 Å². The molecule has 1 aliphatic rings. The zero-order chi connectivity index (χ0) is 68.0. The van der Waals surface area contributed by atoms with Crippen molar-refractivity contribution in [3.8, 4) is 23.0 Å². The first-order valence-electron chi connectivity index (χ1n) is 31.7. The van der Waals surface area contributed by atoms with Crippen LogP contribution >= 0.6 is 0 Å². The van der Waals surface area contributed by atoms with Crippen molar-refractivity contribution in [1.82, 2.24) is 0 Å². The Morgan fingerprint density at radius 1 is 0.312 bits per heavy atom. The highest BCUT2D eigenvalue weighted by atomic mass is 16.6. The first-order valence-corrected chi connectivity index (χ1v) is 31.7. The Labute approximate surface area is 542 Å². The third kappa shape index (κ3) is 23.5. The van der Waals surface area contributed by atoms with E-state index in [2.05, 4.69) is 6.58 Å². The third-order valence-electron chi connectivity index (χ3n) is 14.2. The normalized spacial score (nSPS) is 11.4. The van der Waals surface area contributed by atoms with Gasteiger partial charge in [-0.15, -0.1) is 0 Å². The molecule has 0 unspecified atom stereocenters. The summed E-state index contributed by atoms with van der Waals surface area (Å²) in [6.07, 6.45) is -0.0900. The monoisotopic (exact) mass is 1290 g/mol. The number of Topliss-reactive ketones (excluding diaryl/α,β-unsaturated/α-hetero) is 4. The summed E-state index contributed by atoms with van der Waals surface area (Å²) in [4.78, 5) is 146. The third-order valence-corrected chi connectivity index (χ3v) is 14.2. The van der Waals surface area contributed by atoms with Crippen molar-refractivity contribution in [3.63, 3.8) is 0 Å². The molecule has 8 bridgehead atoms. The SMILES string of the molecule is C=C(C)C(=O)OCCOc1c2cc(C(=O)CCC)cc1Cc1cc(C(=O)CCC)cc(c1OCCOC(=O)CC(=O)OCC)Cc1cc(C(=O)CCC)cc(c1OCCOC(=O)CC(=O)OCC)Cc1cc(C(=O)CCC)cc(c1OCCOC(=O)CC(=O)OCC)C2. The second kappa shape index (κ2) is 38.6. The molecule has 0 aliphatic heterocycles. The lowest BCUT2D eigenvalue weighted by molar-refractivity contribution is -0.156. The molecule has 0 fully saturated rings. The van der Waals surface area contributed by atoms with Gasteiger partial charge in [0, 0.05) is 79.2 Å². The van der Waals surface area contributed by atoms with Gasteiger partial charge in [0.2, 0.25) is 0 Å². The molecule has 0 saturated heterocycles. The van der Waals surface area contributed by atoms with E-state index in [-0.39, 0.29) is 198 Å². The lowest BCUT2D eigenvalue weighted by atomic mass is 9.86. The average molecular weight is 1290 g/mol. The minimum absolute atomic E-state index is 0.0418. The van der Waals surface area contributed by atoms with Crippen LogP contribution in [-0.4, -0.2) is 138 Å². The molecule has 93 heavy (non-hydrogen) atoms. The van der Waals surface area contributed by atoms with Gasteiger partial charge in [-0.1, -0.05) is 34.3 Å². The Morgan fingerprint density at radius 2 is 0.516 bits per heavy atom. The van der Waals surface area contributed by atoms with Crippen molar-refractivity contribution < 1.29 is 105 Å². The predicted octanol–water partition coefficient (Wildman–Crippen LogP) is 10.4. The highest BCUT2D eigenvalue weighted by molar-refractivity contribution is 5.99. The van der Waals surface area contributed by atoms with Gasteiger partial charge >= 0.3 is 41.8 Å². The zero-order valence-corrected chi connectivity index (χ0v) is 54.7. The smallest absolute Gasteiger partial charge is 0.333 e. The van der Waals surface area contributed by atoms with E-state index in [1.165, 1.54) is 6.92 Å². The van der Waals surface area contributed by atoms with Crippen molar-refractivity contribution in [2.45, 2.75) is 152 Å². The van der Waals surface area contributed by atoms with Crippen LogP contribution in [0.4, 0.5) is 0 Å². The maximum atomic E-state index is 14.4. The first-order chi connectivity index (χ1) is 44.7. The number of hydrogen-bond acceptors (Lipinski definition) is 22. The zero-order valence-electron chi connectivity index (χ0n) is 54.7. The van der Waals surface area contributed by atoms with Crippen molar-refractivity contribution in [3.05, 3.63) is 127 Å². The quantitative estimate of drug-likeness (QED) is 0.00886. The van der Waals surface area contributed by atoms with Crippen molar-refractivity contribution in [2.24, 2.45) is 0 Å². The second-order valence-corrected chi connectivity index (χ2v) is 21.8. The van der Waals surface area contributed by atoms with Crippen molar-refractivity contribution in [1.29, 1.82) is 0 Å². The van der Waals surface area contributed by atoms with Crippen LogP contribution in [0.5, 0.6) is 23.0 Å². The Kier molecular flexibility index (Phi) is 30.9. The van der Waals surface area contributed by atoms with Crippen LogP contribution in [0.15, 0.2) is 60.7 Å². The van der Waals surface area contributed by atoms with Crippen LogP contribution in [-0.2, 0) is 92.4 Å². The molecule has 0 aromatic heterocycles. The number of benzene rings is 4. The Morgan fingerprint density at radius 3 is 0.710 bits per heavy atom. The van der Waals surface area contributed by atoms with Crippen LogP contribution in [0.3, 0.4) is 0 Å². The van der Waals surface area contributed by atoms with E-state index < -0.39 is 61.0 Å². The van der Waals surface area contributed by atoms with Gasteiger partial charge in [-0.25, -0.2) is 4.79 Å². The molecule has 22 heteroatoms. The molecule has 4 aromatic rings. The number of rotatable bonds is 38. The summed E-state index contributed by atoms with van der Waals surface area (Å²) < 4.78 is 63.5. The summed E-state index contributed by atoms with van der Waals surface area (Å²) in [5, 5.41) is 0. The fraction of sp³-hybridized carbons (Fsp3) is 0.479. The van der Waals surface area contributed by atoms with Gasteiger partial charge < -0.3 is 52.1 Å². The van der Waals surface area contributed by atoms with E-state index in [1.54, 1.807) is 69.3 Å². The fourth-order valence-electron chi connectivity index (χ4n) is 10.2. The molecule has 0 amide bonds. The molecule has 0 N–H and O–H groups in total. The molecule has 1 aliphatic carbocycles. The number of carbonyl (C=O) groups is 11. The van der Waals surface area contributed by atoms with Gasteiger partial charge in [-0.05, 0) is 146 Å². The molecular weight excluding hydrogens is 1200 g/mol. The molecule has 5 rings (SSSR count). The molecule has 0 atom stereocenters. The summed E-state index contributed by atoms with van der Waals surface area (Å²) in [5.41, 5.74) is 4.26. The molecule has 0 saturated carbocycles. The highest BCUT2D eigenvalue weighted by Crippen LogP contribution is 2.42. The van der Waals surface area contributed by atoms with Gasteiger partial charge in [0.15, 0.2) is 23.1 Å². The number of ether oxygens (including phenoxy) is 11. The van der Waals surface area contributed by atoms with Crippen LogP contribution in [0.1, 0.15) is 212 Å². The molecule has 0 spiro atoms. The number of fused-ring (bicyclic) bond motifs is 8. The van der Waals surface area contributed by atoms with E-state index in [0.717, 1.165) is 0 Å². The summed E-state index contributed by atoms with van der Waals surface area (Å²) >= 11 is 0. The molecule has 0 heterocycles. The van der Waals surface area contributed by atoms with E-state index in [1.807, 2.05) is 27.7 Å². The van der Waals surface area contributed by atoms with Crippen molar-refractivity contribution in [2.75, 3.05) is 72.7 Å². The lowest BCUT2D eigenvalue weighted by Gasteiger charge is -2.25. The first kappa shape index (κ1) is 74.5. The predicted molar refractivity (Wildman–Crippen MR) is 338 cm³/mol. The summed E-state index contributed by atoms with van der Waals surface area (Å²) in [6, 6.07) is 13.3. The standard InChI is InChI=1S/C71H86O22/c1-10-17-57(72)45-29-49-37-51-31-46(58(73)18-11-2)33-53(68(51)90-25-22-87-65(80)42-62(77)84-15-6)39-55-35-48(60(75)20-13-4)36-56(70(55)92-27-28-93-71(82)44(8)9)40-54-34-47(59(74)19-12-3)32-52(69(54)91-26-23-88-66(81)43-63(78)85-16-7)38-50(30-45)67(49)89-24-21-86-64(79)41-61(76)83-14-5/h29-36H,8,10-28,37-43H2,1-7,9H3. The largest absolute Gasteiger partial charge is 0.489 e. The van der Waals surface area contributed by atoms with Gasteiger partial charge in [0.1, 0.15) is 95.1 Å². The van der Waals surface area contributed by atoms with Crippen LogP contribution in [0.2, 0.25) is 0 Å². The highest BCUT2D eigenvalue weighted by Gasteiger charge is 2.28. The second-order valence-electron chi connectivity index (χ2n) is 21.8. The molecule has 4 aromatic carbocycles. The van der Waals surface area contributed by atoms with Gasteiger partial charge in [0.05, 0.1) is 19.8 Å². The summed E-state index contributed by atoms with van der Waals surface area (Å²) in [6.45, 7) is 15.1. The summed E-state index contributed by atoms with van der Waals surface area (Å²) in [7, 11) is 0. The van der Waals surface area contributed by atoms with Gasteiger partial charge in [-0.3, -0.25) is 47.9 Å². The topological polar surface area (TPSA) is 289 Å². The molecule has 0 radical (unpaired) electrons. The fourth-order valence-corrected chi connectivity index (χ4v) is 10.2. The molecule has 22 nitrogen and oxygen atoms in total. The number of hydrogen-bond donors (Lipinski definition) is 0. The van der Waals surface area contributed by atoms with Gasteiger partial charge in [0.25, 0.3) is 0 Å².